The number of amides is 3. The Morgan fingerprint density at radius 3 is 2.22 bits per heavy atom. The zero-order chi connectivity index (χ0) is 22.1. The third-order valence-electron chi connectivity index (χ3n) is 7.77. The minimum atomic E-state index is -0.281. The number of halogens is 1. The maximum atomic E-state index is 13.5. The highest BCUT2D eigenvalue weighted by Crippen LogP contribution is 2.65. The number of hydrogen-bond acceptors (Lipinski definition) is 3. The molecule has 1 aliphatic heterocycles. The molecule has 5 aliphatic rings. The zero-order valence-corrected chi connectivity index (χ0v) is 18.4. The molecule has 5 nitrogen and oxygen atoms in total. The molecule has 4 aliphatic carbocycles. The van der Waals surface area contributed by atoms with Crippen molar-refractivity contribution in [1.29, 1.82) is 0 Å². The number of anilines is 1. The highest BCUT2D eigenvalue weighted by Gasteiger charge is 2.67. The SMILES string of the molecule is Cc1ccc(N(CN2C(=O)C3C4C=CC(C5CC45)C3C2=O)C(=O)c2ccccc2)cc1Cl. The van der Waals surface area contributed by atoms with Gasteiger partial charge < -0.3 is 0 Å². The summed E-state index contributed by atoms with van der Waals surface area (Å²) in [6.07, 6.45) is 5.43. The second kappa shape index (κ2) is 7.04. The topological polar surface area (TPSA) is 57.7 Å². The number of imide groups is 1. The first-order valence-corrected chi connectivity index (χ1v) is 11.5. The molecule has 0 spiro atoms. The van der Waals surface area contributed by atoms with Crippen LogP contribution in [0.5, 0.6) is 0 Å². The van der Waals surface area contributed by atoms with Gasteiger partial charge in [0.1, 0.15) is 6.67 Å². The molecule has 2 aromatic carbocycles. The van der Waals surface area contributed by atoms with Gasteiger partial charge in [0, 0.05) is 16.3 Å². The molecule has 2 saturated carbocycles. The van der Waals surface area contributed by atoms with Crippen molar-refractivity contribution in [3.63, 3.8) is 0 Å². The fourth-order valence-electron chi connectivity index (χ4n) is 6.05. The molecule has 3 amide bonds. The lowest BCUT2D eigenvalue weighted by Crippen LogP contribution is -2.45. The van der Waals surface area contributed by atoms with Crippen molar-refractivity contribution >= 4 is 35.0 Å². The molecule has 0 aromatic heterocycles. The predicted octanol–water partition coefficient (Wildman–Crippen LogP) is 4.31. The predicted molar refractivity (Wildman–Crippen MR) is 121 cm³/mol. The second-order valence-corrected chi connectivity index (χ2v) is 9.84. The number of allylic oxidation sites excluding steroid dienone is 2. The lowest BCUT2D eigenvalue weighted by molar-refractivity contribution is -0.140. The minimum Gasteiger partial charge on any atom is -0.289 e. The number of hydrogen-bond donors (Lipinski definition) is 0. The summed E-state index contributed by atoms with van der Waals surface area (Å²) in [5, 5.41) is 0.531. The van der Waals surface area contributed by atoms with Gasteiger partial charge in [0.2, 0.25) is 11.8 Å². The summed E-state index contributed by atoms with van der Waals surface area (Å²) in [6, 6.07) is 14.3. The van der Waals surface area contributed by atoms with Crippen LogP contribution in [0, 0.1) is 42.4 Å². The smallest absolute Gasteiger partial charge is 0.259 e. The Balaban J connectivity index is 1.35. The van der Waals surface area contributed by atoms with Crippen LogP contribution in [0.1, 0.15) is 22.3 Å². The Morgan fingerprint density at radius 2 is 1.62 bits per heavy atom. The van der Waals surface area contributed by atoms with E-state index in [1.165, 1.54) is 9.80 Å². The lowest BCUT2D eigenvalue weighted by Gasteiger charge is -2.37. The number of carbonyl (C=O) groups excluding carboxylic acids is 3. The van der Waals surface area contributed by atoms with Crippen molar-refractivity contribution in [2.45, 2.75) is 13.3 Å². The summed E-state index contributed by atoms with van der Waals surface area (Å²) in [6.45, 7) is 1.79. The fourth-order valence-corrected chi connectivity index (χ4v) is 6.22. The van der Waals surface area contributed by atoms with E-state index >= 15 is 0 Å². The van der Waals surface area contributed by atoms with Gasteiger partial charge in [0.25, 0.3) is 5.91 Å². The van der Waals surface area contributed by atoms with Crippen LogP contribution in [0.25, 0.3) is 0 Å². The van der Waals surface area contributed by atoms with E-state index < -0.39 is 0 Å². The van der Waals surface area contributed by atoms with Crippen molar-refractivity contribution < 1.29 is 14.4 Å². The Labute approximate surface area is 191 Å². The maximum Gasteiger partial charge on any atom is 0.259 e. The third-order valence-corrected chi connectivity index (χ3v) is 8.18. The quantitative estimate of drug-likeness (QED) is 0.519. The van der Waals surface area contributed by atoms with E-state index in [2.05, 4.69) is 12.2 Å². The van der Waals surface area contributed by atoms with E-state index in [1.807, 2.05) is 19.1 Å². The number of likely N-dealkylation sites (tertiary alicyclic amines) is 1. The molecule has 2 aromatic rings. The molecular weight excluding hydrogens is 424 g/mol. The first-order chi connectivity index (χ1) is 15.5. The highest BCUT2D eigenvalue weighted by atomic mass is 35.5. The van der Waals surface area contributed by atoms with Gasteiger partial charge in [-0.25, -0.2) is 0 Å². The summed E-state index contributed by atoms with van der Waals surface area (Å²) in [5.74, 6) is 0.273. The van der Waals surface area contributed by atoms with Gasteiger partial charge in [-0.15, -0.1) is 0 Å². The minimum absolute atomic E-state index is 0.105. The van der Waals surface area contributed by atoms with E-state index in [0.29, 0.717) is 28.1 Å². The average Bonchev–Trinajstić information content (AvgIpc) is 3.59. The van der Waals surface area contributed by atoms with Gasteiger partial charge in [-0.1, -0.05) is 48.0 Å². The van der Waals surface area contributed by atoms with E-state index in [0.717, 1.165) is 12.0 Å². The molecule has 7 rings (SSSR count). The molecule has 6 unspecified atom stereocenters. The summed E-state index contributed by atoms with van der Waals surface area (Å²) in [5.41, 5.74) is 1.95. The van der Waals surface area contributed by atoms with E-state index in [1.54, 1.807) is 36.4 Å². The molecule has 6 atom stereocenters. The number of benzene rings is 2. The van der Waals surface area contributed by atoms with Crippen LogP contribution >= 0.6 is 11.6 Å². The van der Waals surface area contributed by atoms with Crippen LogP contribution in [0.4, 0.5) is 5.69 Å². The molecule has 0 radical (unpaired) electrons. The highest BCUT2D eigenvalue weighted by molar-refractivity contribution is 6.31. The van der Waals surface area contributed by atoms with E-state index in [9.17, 15) is 14.4 Å². The summed E-state index contributed by atoms with van der Waals surface area (Å²) < 4.78 is 0. The van der Waals surface area contributed by atoms with Gasteiger partial charge >= 0.3 is 0 Å². The van der Waals surface area contributed by atoms with Crippen molar-refractivity contribution in [3.05, 3.63) is 76.8 Å². The van der Waals surface area contributed by atoms with Gasteiger partial charge in [-0.3, -0.25) is 24.2 Å². The third kappa shape index (κ3) is 2.80. The molecule has 32 heavy (non-hydrogen) atoms. The first kappa shape index (κ1) is 19.7. The van der Waals surface area contributed by atoms with Crippen LogP contribution in [0.15, 0.2) is 60.7 Å². The Bertz CT molecular complexity index is 1140. The zero-order valence-electron chi connectivity index (χ0n) is 17.6. The van der Waals surface area contributed by atoms with Crippen molar-refractivity contribution in [2.24, 2.45) is 35.5 Å². The molecule has 3 fully saturated rings. The van der Waals surface area contributed by atoms with Gasteiger partial charge in [0.05, 0.1) is 11.8 Å². The van der Waals surface area contributed by atoms with Crippen LogP contribution in [0.3, 0.4) is 0 Å². The summed E-state index contributed by atoms with van der Waals surface area (Å²) >= 11 is 6.36. The molecule has 6 heteroatoms. The largest absolute Gasteiger partial charge is 0.289 e. The fraction of sp³-hybridized carbons (Fsp3) is 0.346. The first-order valence-electron chi connectivity index (χ1n) is 11.1. The number of rotatable bonds is 4. The van der Waals surface area contributed by atoms with Crippen LogP contribution < -0.4 is 4.90 Å². The molecule has 2 bridgehead atoms. The van der Waals surface area contributed by atoms with Crippen LogP contribution in [-0.4, -0.2) is 29.3 Å². The lowest BCUT2D eigenvalue weighted by atomic mass is 9.63. The Hall–Kier alpha value is -2.92. The monoisotopic (exact) mass is 446 g/mol. The van der Waals surface area contributed by atoms with Crippen molar-refractivity contribution in [2.75, 3.05) is 11.6 Å². The second-order valence-electron chi connectivity index (χ2n) is 9.43. The molecule has 1 heterocycles. The van der Waals surface area contributed by atoms with Gasteiger partial charge in [0.15, 0.2) is 0 Å². The molecule has 0 N–H and O–H groups in total. The number of nitrogens with zero attached hydrogens (tertiary/aromatic N) is 2. The van der Waals surface area contributed by atoms with Gasteiger partial charge in [-0.2, -0.15) is 0 Å². The summed E-state index contributed by atoms with van der Waals surface area (Å²) in [7, 11) is 0. The van der Waals surface area contributed by atoms with Crippen LogP contribution in [-0.2, 0) is 9.59 Å². The maximum absolute atomic E-state index is 13.5. The van der Waals surface area contributed by atoms with E-state index in [-0.39, 0.29) is 48.1 Å². The summed E-state index contributed by atoms with van der Waals surface area (Å²) in [4.78, 5) is 43.2. The number of carbonyl (C=O) groups is 3. The Morgan fingerprint density at radius 1 is 1.00 bits per heavy atom. The standard InChI is InChI=1S/C26H23ClN2O3/c1-14-7-8-16(11-21(14)27)28(24(30)15-5-3-2-4-6-15)13-29-25(31)22-17-9-10-18(20-12-19(17)20)23(22)26(29)32/h2-11,17-20,22-23H,12-13H2,1H3. The van der Waals surface area contributed by atoms with Crippen LogP contribution in [0.2, 0.25) is 5.02 Å². The van der Waals surface area contributed by atoms with Crippen molar-refractivity contribution in [1.82, 2.24) is 4.90 Å². The Kier molecular flexibility index (Phi) is 4.34. The van der Waals surface area contributed by atoms with E-state index in [4.69, 9.17) is 11.6 Å². The van der Waals surface area contributed by atoms with Gasteiger partial charge in [-0.05, 0) is 66.8 Å². The molecule has 162 valence electrons. The molecular formula is C26H23ClN2O3. The van der Waals surface area contributed by atoms with Crippen molar-refractivity contribution in [3.8, 4) is 0 Å². The number of aryl methyl sites for hydroxylation is 1. The normalized spacial score (nSPS) is 31.5. The average molecular weight is 447 g/mol. The molecule has 1 saturated heterocycles.